The average Bonchev–Trinajstić information content (AvgIpc) is 2.99. The van der Waals surface area contributed by atoms with Gasteiger partial charge in [0.1, 0.15) is 24.3 Å². The first-order chi connectivity index (χ1) is 12.3. The molecule has 0 amide bonds. The minimum Gasteiger partial charge on any atom is -0.466 e. The lowest BCUT2D eigenvalue weighted by molar-refractivity contribution is -0.160. The lowest BCUT2D eigenvalue weighted by Crippen LogP contribution is -2.38. The van der Waals surface area contributed by atoms with Crippen LogP contribution in [0.3, 0.4) is 0 Å². The van der Waals surface area contributed by atoms with Gasteiger partial charge in [-0.1, -0.05) is 27.7 Å². The predicted octanol–water partition coefficient (Wildman–Crippen LogP) is 3.02. The summed E-state index contributed by atoms with van der Waals surface area (Å²) in [6, 6.07) is 0. The van der Waals surface area contributed by atoms with Gasteiger partial charge in [-0.3, -0.25) is 14.7 Å². The van der Waals surface area contributed by atoms with Gasteiger partial charge in [0.25, 0.3) is 0 Å². The Morgan fingerprint density at radius 2 is 1.85 bits per heavy atom. The number of rotatable bonds is 7. The summed E-state index contributed by atoms with van der Waals surface area (Å²) in [5.74, 6) is 0.955. The number of nitrogens with zero attached hydrogens (tertiary/aromatic N) is 2. The van der Waals surface area contributed by atoms with Crippen molar-refractivity contribution >= 4 is 11.9 Å². The molecule has 7 heteroatoms. The Kier molecular flexibility index (Phi) is 7.17. The molecule has 26 heavy (non-hydrogen) atoms. The van der Waals surface area contributed by atoms with E-state index in [4.69, 9.17) is 9.47 Å². The summed E-state index contributed by atoms with van der Waals surface area (Å²) in [4.78, 5) is 28.6. The van der Waals surface area contributed by atoms with E-state index in [0.717, 1.165) is 12.8 Å². The van der Waals surface area contributed by atoms with Crippen molar-refractivity contribution in [1.82, 2.24) is 15.2 Å². The van der Waals surface area contributed by atoms with Crippen molar-refractivity contribution in [3.8, 4) is 0 Å². The summed E-state index contributed by atoms with van der Waals surface area (Å²) in [5.41, 5.74) is 0. The lowest BCUT2D eigenvalue weighted by atomic mass is 9.75. The second-order valence-corrected chi connectivity index (χ2v) is 7.52. The standard InChI is InChI=1S/C19H31N3O4/c1-6-14(18-20-15(21-22-18)10-16(23)25-7-2)19(24)26-17-12(4)8-11(3)9-13(17)5/h11-14,17H,6-10H2,1-5H3,(H,20,21,22). The highest BCUT2D eigenvalue weighted by Crippen LogP contribution is 2.36. The molecule has 7 nitrogen and oxygen atoms in total. The molecule has 3 atom stereocenters. The number of esters is 2. The quantitative estimate of drug-likeness (QED) is 0.747. The minimum absolute atomic E-state index is 0.0148. The zero-order valence-electron chi connectivity index (χ0n) is 16.4. The van der Waals surface area contributed by atoms with Crippen molar-refractivity contribution in [2.45, 2.75) is 72.3 Å². The number of carbonyl (C=O) groups excluding carboxylic acids is 2. The van der Waals surface area contributed by atoms with Crippen LogP contribution in [0.2, 0.25) is 0 Å². The van der Waals surface area contributed by atoms with E-state index in [2.05, 4.69) is 36.0 Å². The molecule has 3 unspecified atom stereocenters. The molecule has 146 valence electrons. The van der Waals surface area contributed by atoms with E-state index in [-0.39, 0.29) is 24.5 Å². The number of ether oxygens (including phenoxy) is 2. The maximum Gasteiger partial charge on any atom is 0.317 e. The van der Waals surface area contributed by atoms with E-state index in [1.807, 2.05) is 6.92 Å². The van der Waals surface area contributed by atoms with Gasteiger partial charge >= 0.3 is 11.9 Å². The summed E-state index contributed by atoms with van der Waals surface area (Å²) in [6.45, 7) is 10.5. The van der Waals surface area contributed by atoms with Gasteiger partial charge in [-0.2, -0.15) is 5.10 Å². The number of H-pyrrole nitrogens is 1. The number of carbonyl (C=O) groups is 2. The summed E-state index contributed by atoms with van der Waals surface area (Å²) < 4.78 is 10.8. The fourth-order valence-corrected chi connectivity index (χ4v) is 3.99. The van der Waals surface area contributed by atoms with Crippen LogP contribution < -0.4 is 0 Å². The van der Waals surface area contributed by atoms with E-state index < -0.39 is 5.92 Å². The second-order valence-electron chi connectivity index (χ2n) is 7.52. The van der Waals surface area contributed by atoms with Gasteiger partial charge in [0.15, 0.2) is 5.82 Å². The van der Waals surface area contributed by atoms with E-state index >= 15 is 0 Å². The molecule has 0 aliphatic heterocycles. The van der Waals surface area contributed by atoms with Gasteiger partial charge in [0.2, 0.25) is 0 Å². The third kappa shape index (κ3) is 5.05. The van der Waals surface area contributed by atoms with Crippen molar-refractivity contribution in [2.24, 2.45) is 17.8 Å². The molecule has 1 N–H and O–H groups in total. The molecule has 0 saturated heterocycles. The Balaban J connectivity index is 2.02. The van der Waals surface area contributed by atoms with Crippen LogP contribution in [-0.4, -0.2) is 39.8 Å². The molecule has 1 aromatic rings. The van der Waals surface area contributed by atoms with Gasteiger partial charge in [-0.15, -0.1) is 0 Å². The number of nitrogens with one attached hydrogen (secondary N) is 1. The highest BCUT2D eigenvalue weighted by molar-refractivity contribution is 5.77. The van der Waals surface area contributed by atoms with E-state index in [1.54, 1.807) is 6.92 Å². The van der Waals surface area contributed by atoms with Crippen LogP contribution >= 0.6 is 0 Å². The molecule has 1 aliphatic carbocycles. The minimum atomic E-state index is -0.527. The maximum absolute atomic E-state index is 12.7. The first-order valence-corrected chi connectivity index (χ1v) is 9.62. The molecule has 1 aliphatic rings. The van der Waals surface area contributed by atoms with E-state index in [0.29, 0.717) is 42.4 Å². The largest absolute Gasteiger partial charge is 0.466 e. The zero-order valence-corrected chi connectivity index (χ0v) is 16.4. The van der Waals surface area contributed by atoms with E-state index in [9.17, 15) is 9.59 Å². The summed E-state index contributed by atoms with van der Waals surface area (Å²) in [6.07, 6.45) is 2.64. The molecular weight excluding hydrogens is 334 g/mol. The highest BCUT2D eigenvalue weighted by Gasteiger charge is 2.36. The van der Waals surface area contributed by atoms with Gasteiger partial charge in [-0.05, 0) is 43.9 Å². The molecule has 1 fully saturated rings. The summed E-state index contributed by atoms with van der Waals surface area (Å²) in [5, 5.41) is 6.84. The van der Waals surface area contributed by atoms with Crippen LogP contribution in [0.1, 0.15) is 71.4 Å². The molecule has 2 rings (SSSR count). The summed E-state index contributed by atoms with van der Waals surface area (Å²) >= 11 is 0. The maximum atomic E-state index is 12.7. The number of aromatic nitrogens is 3. The van der Waals surface area contributed by atoms with Crippen molar-refractivity contribution in [1.29, 1.82) is 0 Å². The molecule has 1 saturated carbocycles. The zero-order chi connectivity index (χ0) is 19.3. The number of aromatic amines is 1. The molecule has 0 radical (unpaired) electrons. The van der Waals surface area contributed by atoms with E-state index in [1.165, 1.54) is 0 Å². The summed E-state index contributed by atoms with van der Waals surface area (Å²) in [7, 11) is 0. The first kappa shape index (κ1) is 20.4. The van der Waals surface area contributed by atoms with Crippen molar-refractivity contribution in [3.05, 3.63) is 11.6 Å². The van der Waals surface area contributed by atoms with Crippen molar-refractivity contribution in [2.75, 3.05) is 6.61 Å². The van der Waals surface area contributed by atoms with Gasteiger partial charge in [-0.25, -0.2) is 4.98 Å². The second kappa shape index (κ2) is 9.14. The van der Waals surface area contributed by atoms with Crippen molar-refractivity contribution < 1.29 is 19.1 Å². The highest BCUT2D eigenvalue weighted by atomic mass is 16.5. The Morgan fingerprint density at radius 1 is 1.19 bits per heavy atom. The SMILES string of the molecule is CCOC(=O)Cc1nc(C(CC)C(=O)OC2C(C)CC(C)CC2C)n[nH]1. The number of hydrogen-bond donors (Lipinski definition) is 1. The molecular formula is C19H31N3O4. The third-order valence-electron chi connectivity index (χ3n) is 5.09. The monoisotopic (exact) mass is 365 g/mol. The van der Waals surface area contributed by atoms with Crippen LogP contribution in [0.25, 0.3) is 0 Å². The van der Waals surface area contributed by atoms with Crippen molar-refractivity contribution in [3.63, 3.8) is 0 Å². The van der Waals surface area contributed by atoms with Gasteiger partial charge < -0.3 is 9.47 Å². The molecule has 1 heterocycles. The Morgan fingerprint density at radius 3 is 2.42 bits per heavy atom. The fourth-order valence-electron chi connectivity index (χ4n) is 3.99. The van der Waals surface area contributed by atoms with Gasteiger partial charge in [0, 0.05) is 0 Å². The topological polar surface area (TPSA) is 94.2 Å². The van der Waals surface area contributed by atoms with Crippen LogP contribution in [0.5, 0.6) is 0 Å². The predicted molar refractivity (Wildman–Crippen MR) is 96.4 cm³/mol. The number of hydrogen-bond acceptors (Lipinski definition) is 6. The Bertz CT molecular complexity index is 604. The molecule has 0 aromatic carbocycles. The molecule has 0 bridgehead atoms. The molecule has 1 aromatic heterocycles. The average molecular weight is 365 g/mol. The smallest absolute Gasteiger partial charge is 0.317 e. The molecule has 0 spiro atoms. The van der Waals surface area contributed by atoms with Crippen LogP contribution in [0.15, 0.2) is 0 Å². The first-order valence-electron chi connectivity index (χ1n) is 9.62. The van der Waals surface area contributed by atoms with Crippen LogP contribution in [0, 0.1) is 17.8 Å². The Hall–Kier alpha value is -1.92. The lowest BCUT2D eigenvalue weighted by Gasteiger charge is -2.37. The third-order valence-corrected chi connectivity index (χ3v) is 5.09. The Labute approximate surface area is 155 Å². The van der Waals surface area contributed by atoms with Crippen LogP contribution in [-0.2, 0) is 25.5 Å². The van der Waals surface area contributed by atoms with Crippen LogP contribution in [0.4, 0.5) is 0 Å². The normalized spacial score (nSPS) is 27.0. The fraction of sp³-hybridized carbons (Fsp3) is 0.789. The van der Waals surface area contributed by atoms with Gasteiger partial charge in [0.05, 0.1) is 6.61 Å².